The van der Waals surface area contributed by atoms with Crippen LogP contribution in [0.2, 0.25) is 0 Å². The number of halogens is 5. The van der Waals surface area contributed by atoms with E-state index in [4.69, 9.17) is 25.0 Å². The first kappa shape index (κ1) is 26.6. The molecule has 3 aromatic rings. The van der Waals surface area contributed by atoms with Crippen LogP contribution in [-0.4, -0.2) is 63.0 Å². The molecule has 6 N–H and O–H groups in total. The van der Waals surface area contributed by atoms with Crippen molar-refractivity contribution >= 4 is 24.6 Å². The number of benzene rings is 1. The molecule has 12 nitrogen and oxygen atoms in total. The van der Waals surface area contributed by atoms with Crippen molar-refractivity contribution in [3.8, 4) is 0 Å². The number of amides is 1. The predicted molar refractivity (Wildman–Crippen MR) is 107 cm³/mol. The Labute approximate surface area is 192 Å². The third-order valence-electron chi connectivity index (χ3n) is 4.96. The van der Waals surface area contributed by atoms with Crippen molar-refractivity contribution in [2.45, 2.75) is 38.1 Å². The lowest BCUT2D eigenvalue weighted by atomic mass is 10.0. The zero-order valence-corrected chi connectivity index (χ0v) is 18.5. The summed E-state index contributed by atoms with van der Waals surface area (Å²) < 4.78 is 75.6. The molecular weight excluding hydrogens is 508 g/mol. The smallest absolute Gasteiger partial charge is 0.333 e. The first-order chi connectivity index (χ1) is 16.1. The van der Waals surface area contributed by atoms with Gasteiger partial charge in [-0.2, -0.15) is 18.3 Å². The summed E-state index contributed by atoms with van der Waals surface area (Å²) in [6.45, 7) is -0.114. The molecule has 0 spiro atoms. The molecule has 2 aromatic heterocycles. The Morgan fingerprint density at radius 2 is 1.86 bits per heavy atom. The molecule has 1 atom stereocenters. The number of phosphoric acid groups is 1. The molecule has 0 bridgehead atoms. The van der Waals surface area contributed by atoms with E-state index in [2.05, 4.69) is 20.4 Å². The van der Waals surface area contributed by atoms with Crippen molar-refractivity contribution in [1.82, 2.24) is 29.9 Å². The Hall–Kier alpha value is -2.98. The van der Waals surface area contributed by atoms with Crippen LogP contribution in [0.5, 0.6) is 0 Å². The van der Waals surface area contributed by atoms with E-state index in [1.165, 1.54) is 11.0 Å². The molecule has 1 aromatic carbocycles. The Morgan fingerprint density at radius 1 is 1.20 bits per heavy atom. The maximum atomic E-state index is 13.8. The lowest BCUT2D eigenvalue weighted by molar-refractivity contribution is -0.148. The zero-order valence-electron chi connectivity index (χ0n) is 17.6. The van der Waals surface area contributed by atoms with Gasteiger partial charge in [0.2, 0.25) is 11.7 Å². The molecule has 0 aliphatic carbocycles. The van der Waals surface area contributed by atoms with Crippen LogP contribution in [0.25, 0.3) is 10.9 Å². The van der Waals surface area contributed by atoms with E-state index in [0.29, 0.717) is 11.1 Å². The van der Waals surface area contributed by atoms with Crippen LogP contribution < -0.4 is 5.73 Å². The largest absolute Gasteiger partial charge is 0.466 e. The van der Waals surface area contributed by atoms with E-state index in [9.17, 15) is 26.7 Å². The molecule has 0 fully saturated rings. The molecule has 0 saturated heterocycles. The van der Waals surface area contributed by atoms with Gasteiger partial charge in [-0.15, -0.1) is 10.2 Å². The molecule has 1 amide bonds. The van der Waals surface area contributed by atoms with Crippen molar-refractivity contribution in [1.29, 1.82) is 0 Å². The van der Waals surface area contributed by atoms with Crippen LogP contribution in [0.15, 0.2) is 12.1 Å². The van der Waals surface area contributed by atoms with Crippen LogP contribution in [0.1, 0.15) is 23.8 Å². The third-order valence-corrected chi connectivity index (χ3v) is 4.96. The quantitative estimate of drug-likeness (QED) is 0.242. The Bertz CT molecular complexity index is 1270. The SMILES string of the molecule is N[C@@H](CC(=O)N1CCn2c(nnc2C(F)(F)F)C1)Cc1[nH]nc2c(F)c(F)ccc12.O=P(O)(O)O. The lowest BCUT2D eigenvalue weighted by Crippen LogP contribution is -2.42. The highest BCUT2D eigenvalue weighted by molar-refractivity contribution is 7.45. The molecule has 1 aliphatic rings. The molecule has 4 rings (SSSR count). The van der Waals surface area contributed by atoms with Crippen LogP contribution in [0, 0.1) is 11.6 Å². The summed E-state index contributed by atoms with van der Waals surface area (Å²) in [6.07, 6.45) is -4.56. The number of nitrogens with one attached hydrogen (secondary N) is 1. The van der Waals surface area contributed by atoms with Crippen molar-refractivity contribution in [3.05, 3.63) is 41.1 Å². The average molecular weight is 527 g/mol. The van der Waals surface area contributed by atoms with Gasteiger partial charge in [-0.05, 0) is 12.1 Å². The number of hydrogen-bond donors (Lipinski definition) is 5. The highest BCUT2D eigenvalue weighted by Gasteiger charge is 2.40. The minimum atomic E-state index is -4.64. The number of carbonyl (C=O) groups excluding carboxylic acids is 1. The molecule has 1 aliphatic heterocycles. The third kappa shape index (κ3) is 6.58. The van der Waals surface area contributed by atoms with Crippen LogP contribution in [0.3, 0.4) is 0 Å². The first-order valence-electron chi connectivity index (χ1n) is 9.77. The summed E-state index contributed by atoms with van der Waals surface area (Å²) in [7, 11) is -4.64. The van der Waals surface area contributed by atoms with Crippen molar-refractivity contribution in [2.24, 2.45) is 5.73 Å². The van der Waals surface area contributed by atoms with Gasteiger partial charge in [-0.3, -0.25) is 9.89 Å². The number of aromatic nitrogens is 5. The fourth-order valence-electron chi connectivity index (χ4n) is 3.50. The second kappa shape index (κ2) is 9.94. The van der Waals surface area contributed by atoms with E-state index >= 15 is 0 Å². The number of aromatic amines is 1. The van der Waals surface area contributed by atoms with Gasteiger partial charge in [0.1, 0.15) is 5.52 Å². The standard InChI is InChI=1S/C17H16F5N7O.H3O4P/c18-10-2-1-9-11(24-26-15(9)14(10)19)5-8(23)6-13(30)28-3-4-29-12(7-28)25-27-16(29)17(20,21)22;1-5(2,3)4/h1-2,8H,3-7,23H2,(H,24,26);(H3,1,2,3,4)/t8-;/m1./s1. The number of carbonyl (C=O) groups is 1. The maximum Gasteiger partial charge on any atom is 0.466 e. The van der Waals surface area contributed by atoms with Crippen molar-refractivity contribution < 1.29 is 46.0 Å². The molecule has 3 heterocycles. The van der Waals surface area contributed by atoms with Crippen molar-refractivity contribution in [2.75, 3.05) is 6.54 Å². The summed E-state index contributed by atoms with van der Waals surface area (Å²) in [6, 6.07) is 1.68. The molecule has 0 radical (unpaired) electrons. The van der Waals surface area contributed by atoms with Gasteiger partial charge in [0.15, 0.2) is 17.5 Å². The number of H-pyrrole nitrogens is 1. The van der Waals surface area contributed by atoms with Gasteiger partial charge in [0.25, 0.3) is 0 Å². The van der Waals surface area contributed by atoms with E-state index in [0.717, 1.165) is 10.6 Å². The second-order valence-corrected chi connectivity index (χ2v) is 8.57. The monoisotopic (exact) mass is 527 g/mol. The van der Waals surface area contributed by atoms with Gasteiger partial charge < -0.3 is 29.9 Å². The van der Waals surface area contributed by atoms with E-state index in [-0.39, 0.29) is 49.7 Å². The Morgan fingerprint density at radius 3 is 2.49 bits per heavy atom. The predicted octanol–water partition coefficient (Wildman–Crippen LogP) is 0.825. The van der Waals surface area contributed by atoms with Gasteiger partial charge in [-0.1, -0.05) is 0 Å². The maximum absolute atomic E-state index is 13.8. The van der Waals surface area contributed by atoms with Crippen LogP contribution >= 0.6 is 7.82 Å². The van der Waals surface area contributed by atoms with Gasteiger partial charge in [0.05, 0.1) is 6.54 Å². The highest BCUT2D eigenvalue weighted by atomic mass is 31.2. The van der Waals surface area contributed by atoms with Gasteiger partial charge >= 0.3 is 14.0 Å². The minimum absolute atomic E-state index is 0.0487. The molecule has 18 heteroatoms. The van der Waals surface area contributed by atoms with Gasteiger partial charge in [-0.25, -0.2) is 13.3 Å². The number of nitrogens with zero attached hydrogens (tertiary/aromatic N) is 5. The molecule has 35 heavy (non-hydrogen) atoms. The summed E-state index contributed by atoms with van der Waals surface area (Å²) in [5.41, 5.74) is 6.34. The number of rotatable bonds is 4. The average Bonchev–Trinajstić information content (AvgIpc) is 3.33. The summed E-state index contributed by atoms with van der Waals surface area (Å²) in [4.78, 5) is 35.5. The Kier molecular flexibility index (Phi) is 7.56. The molecule has 0 saturated carbocycles. The summed E-state index contributed by atoms with van der Waals surface area (Å²) in [5.74, 6) is -3.49. The van der Waals surface area contributed by atoms with E-state index < -0.39 is 37.5 Å². The van der Waals surface area contributed by atoms with Crippen molar-refractivity contribution in [3.63, 3.8) is 0 Å². The van der Waals surface area contributed by atoms with E-state index in [1.54, 1.807) is 0 Å². The minimum Gasteiger partial charge on any atom is -0.333 e. The fraction of sp³-hybridized carbons (Fsp3) is 0.412. The molecular formula is C17H19F5N7O5P. The first-order valence-corrected chi connectivity index (χ1v) is 11.3. The molecule has 192 valence electrons. The van der Waals surface area contributed by atoms with Gasteiger partial charge in [0, 0.05) is 43.1 Å². The normalized spacial score (nSPS) is 14.9. The number of hydrogen-bond acceptors (Lipinski definition) is 6. The van der Waals surface area contributed by atoms with Crippen LogP contribution in [0.4, 0.5) is 22.0 Å². The van der Waals surface area contributed by atoms with Crippen LogP contribution in [-0.2, 0) is 35.0 Å². The lowest BCUT2D eigenvalue weighted by Gasteiger charge is -2.29. The number of fused-ring (bicyclic) bond motifs is 2. The topological polar surface area (TPSA) is 183 Å². The molecule has 0 unspecified atom stereocenters. The zero-order chi connectivity index (χ0) is 26.1. The number of alkyl halides is 3. The summed E-state index contributed by atoms with van der Waals surface area (Å²) in [5, 5.41) is 13.4. The van der Waals surface area contributed by atoms with E-state index in [1.807, 2.05) is 0 Å². The fourth-order valence-corrected chi connectivity index (χ4v) is 3.50. The summed E-state index contributed by atoms with van der Waals surface area (Å²) >= 11 is 0. The Balaban J connectivity index is 0.000000623. The highest BCUT2D eigenvalue weighted by Crippen LogP contribution is 2.29. The number of nitrogens with two attached hydrogens (primary N) is 1. The second-order valence-electron chi connectivity index (χ2n) is 7.55.